The molecule has 1 heterocycles. The number of allylic oxidation sites excluding steroid dienone is 2. The molecule has 43 heavy (non-hydrogen) atoms. The summed E-state index contributed by atoms with van der Waals surface area (Å²) in [7, 11) is 0. The van der Waals surface area contributed by atoms with Crippen molar-refractivity contribution >= 4 is 11.6 Å². The molecule has 6 nitrogen and oxygen atoms in total. The normalized spacial score (nSPS) is 32.3. The van der Waals surface area contributed by atoms with Gasteiger partial charge in [-0.1, -0.05) is 59.6 Å². The lowest BCUT2D eigenvalue weighted by Crippen LogP contribution is -2.52. The fraction of sp³-hybridized carbons (Fsp3) is 0.939. The number of nitrogens with one attached hydrogen (secondary N) is 1. The highest BCUT2D eigenvalue weighted by Crippen LogP contribution is 2.44. The molecule has 5 atom stereocenters. The highest BCUT2D eigenvalue weighted by Gasteiger charge is 2.40. The Morgan fingerprint density at radius 1 is 1.00 bits per heavy atom. The highest BCUT2D eigenvalue weighted by atomic mass is 35.5. The van der Waals surface area contributed by atoms with Crippen molar-refractivity contribution in [2.45, 2.75) is 136 Å². The minimum atomic E-state index is -4.50. The van der Waals surface area contributed by atoms with Crippen LogP contribution in [-0.4, -0.2) is 71.4 Å². The van der Waals surface area contributed by atoms with Crippen molar-refractivity contribution in [1.82, 2.24) is 10.2 Å². The third-order valence-corrected chi connectivity index (χ3v) is 11.0. The Balaban J connectivity index is 0.00000441. The van der Waals surface area contributed by atoms with Crippen LogP contribution in [0.2, 0.25) is 0 Å². The highest BCUT2D eigenvalue weighted by molar-refractivity contribution is 6.20. The molecule has 3 fully saturated rings. The fourth-order valence-electron chi connectivity index (χ4n) is 8.37. The van der Waals surface area contributed by atoms with Gasteiger partial charge in [-0.2, -0.15) is 0 Å². The van der Waals surface area contributed by atoms with Crippen molar-refractivity contribution in [2.75, 3.05) is 26.2 Å². The molecule has 3 unspecified atom stereocenters. The van der Waals surface area contributed by atoms with Crippen molar-refractivity contribution in [1.29, 1.82) is 0 Å². The lowest BCUT2D eigenvalue weighted by atomic mass is 9.68. The van der Waals surface area contributed by atoms with E-state index in [9.17, 15) is 13.2 Å². The average molecular weight is 645 g/mol. The summed E-state index contributed by atoms with van der Waals surface area (Å²) in [5.41, 5.74) is 1.94. The van der Waals surface area contributed by atoms with Crippen LogP contribution >= 0.6 is 11.6 Å². The predicted molar refractivity (Wildman–Crippen MR) is 172 cm³/mol. The number of alkyl halides is 4. The van der Waals surface area contributed by atoms with Crippen molar-refractivity contribution in [3.05, 3.63) is 11.6 Å². The van der Waals surface area contributed by atoms with E-state index in [2.05, 4.69) is 48.7 Å². The van der Waals surface area contributed by atoms with Gasteiger partial charge in [-0.15, -0.1) is 24.8 Å². The number of ether oxygens (including phenoxy) is 1. The lowest BCUT2D eigenvalue weighted by Gasteiger charge is -2.47. The average Bonchev–Trinajstić information content (AvgIpc) is 2.86. The molecule has 0 radical (unpaired) electrons. The monoisotopic (exact) mass is 644 g/mol. The zero-order chi connectivity index (χ0) is 28.2. The Morgan fingerprint density at radius 3 is 2.23 bits per heavy atom. The summed E-state index contributed by atoms with van der Waals surface area (Å²) in [5, 5.41) is 4.31. The molecule has 0 aromatic carbocycles. The number of hydrogen-bond donors (Lipinski definition) is 1. The van der Waals surface area contributed by atoms with Crippen LogP contribution in [0.15, 0.2) is 11.6 Å². The Kier molecular flexibility index (Phi) is 18.5. The number of halogens is 4. The van der Waals surface area contributed by atoms with E-state index in [4.69, 9.17) is 11.6 Å². The SMILES string of the molecule is C.CC(C)[C@H](CN1CC[C@H](C2=CCC(Cl)CC2)C(C)(C)C1)NCC1CCCC(C2CCC(OC(F)(F)F)CC2)C1.O.O.O. The number of likely N-dealkylation sites (tertiary alicyclic amines) is 1. The van der Waals surface area contributed by atoms with Gasteiger partial charge >= 0.3 is 6.36 Å². The second-order valence-electron chi connectivity index (χ2n) is 14.4. The van der Waals surface area contributed by atoms with Gasteiger partial charge in [0.2, 0.25) is 0 Å². The van der Waals surface area contributed by atoms with Crippen molar-refractivity contribution in [3.8, 4) is 0 Å². The first-order valence-corrected chi connectivity index (χ1v) is 16.4. The van der Waals surface area contributed by atoms with Crippen LogP contribution in [0.1, 0.15) is 112 Å². The second-order valence-corrected chi connectivity index (χ2v) is 15.0. The number of hydrogen-bond acceptors (Lipinski definition) is 3. The first-order chi connectivity index (χ1) is 18.4. The zero-order valence-corrected chi connectivity index (χ0v) is 27.1. The van der Waals surface area contributed by atoms with Crippen LogP contribution in [0.4, 0.5) is 13.2 Å². The number of nitrogens with zero attached hydrogens (tertiary/aromatic N) is 1. The molecular formula is C33H64ClF3N2O4. The molecule has 2 saturated carbocycles. The van der Waals surface area contributed by atoms with Gasteiger partial charge in [0.15, 0.2) is 0 Å². The van der Waals surface area contributed by atoms with Gasteiger partial charge in [-0.05, 0) is 112 Å². The Bertz CT molecular complexity index is 806. The van der Waals surface area contributed by atoms with Crippen molar-refractivity contribution < 1.29 is 34.3 Å². The van der Waals surface area contributed by atoms with Crippen LogP contribution < -0.4 is 5.32 Å². The van der Waals surface area contributed by atoms with E-state index >= 15 is 0 Å². The van der Waals surface area contributed by atoms with Gasteiger partial charge in [-0.3, -0.25) is 4.74 Å². The maximum absolute atomic E-state index is 12.6. The van der Waals surface area contributed by atoms with Crippen molar-refractivity contribution in [3.63, 3.8) is 0 Å². The van der Waals surface area contributed by atoms with Crippen LogP contribution in [0.3, 0.4) is 0 Å². The number of rotatable bonds is 9. The van der Waals surface area contributed by atoms with E-state index in [1.165, 1.54) is 45.1 Å². The van der Waals surface area contributed by atoms with Crippen LogP contribution in [0.25, 0.3) is 0 Å². The summed E-state index contributed by atoms with van der Waals surface area (Å²) in [6, 6.07) is 0.485. The van der Waals surface area contributed by atoms with E-state index in [0.717, 1.165) is 45.3 Å². The van der Waals surface area contributed by atoms with Gasteiger partial charge in [0, 0.05) is 24.5 Å². The summed E-state index contributed by atoms with van der Waals surface area (Å²) >= 11 is 6.36. The van der Waals surface area contributed by atoms with E-state index in [-0.39, 0.29) is 29.3 Å². The van der Waals surface area contributed by atoms with Crippen molar-refractivity contribution in [2.24, 2.45) is 35.0 Å². The predicted octanol–water partition coefficient (Wildman–Crippen LogP) is 6.73. The molecule has 10 heteroatoms. The molecule has 0 aromatic heterocycles. The Morgan fingerprint density at radius 2 is 1.67 bits per heavy atom. The third-order valence-electron chi connectivity index (χ3n) is 10.6. The van der Waals surface area contributed by atoms with Crippen LogP contribution in [0, 0.1) is 35.0 Å². The molecule has 258 valence electrons. The first-order valence-electron chi connectivity index (χ1n) is 15.9. The zero-order valence-electron chi connectivity index (χ0n) is 26.4. The Hall–Kier alpha value is -0.420. The summed E-state index contributed by atoms with van der Waals surface area (Å²) in [5.74, 6) is 3.17. The summed E-state index contributed by atoms with van der Waals surface area (Å²) in [6.45, 7) is 14.1. The van der Waals surface area contributed by atoms with Crippen LogP contribution in [0.5, 0.6) is 0 Å². The minimum Gasteiger partial charge on any atom is -0.412 e. The minimum absolute atomic E-state index is 0. The van der Waals surface area contributed by atoms with Gasteiger partial charge in [0.05, 0.1) is 6.10 Å². The molecule has 4 rings (SSSR count). The van der Waals surface area contributed by atoms with E-state index in [1.807, 2.05) is 0 Å². The molecule has 0 aromatic rings. The lowest BCUT2D eigenvalue weighted by molar-refractivity contribution is -0.346. The van der Waals surface area contributed by atoms with E-state index in [1.54, 1.807) is 5.57 Å². The maximum atomic E-state index is 12.6. The van der Waals surface area contributed by atoms with Gasteiger partial charge < -0.3 is 26.6 Å². The van der Waals surface area contributed by atoms with Gasteiger partial charge in [0.25, 0.3) is 0 Å². The van der Waals surface area contributed by atoms with Gasteiger partial charge in [0.1, 0.15) is 0 Å². The topological polar surface area (TPSA) is 119 Å². The molecular weight excluding hydrogens is 581 g/mol. The van der Waals surface area contributed by atoms with Crippen LogP contribution in [-0.2, 0) is 4.74 Å². The molecule has 1 aliphatic heterocycles. The standard InChI is InChI=1S/C32H54ClF3N2O.CH4.3H2O/c1-22(2)30(20-38-17-16-29(31(3,4)21-38)25-8-12-27(33)13-9-25)37-19-23-6-5-7-26(18-23)24-10-14-28(15-11-24)39-32(34,35)36;;;;/h8,22-24,26-30,37H,5-7,9-21H2,1-4H3;1H4;3*1H2/t23?,24?,26?,27?,28?,29-,30+;;;;/m1..../s1. The first kappa shape index (κ1) is 42.6. The number of piperidine rings is 1. The molecule has 7 N–H and O–H groups in total. The summed E-state index contributed by atoms with van der Waals surface area (Å²) in [6.07, 6.45) is 9.75. The molecule has 1 saturated heterocycles. The quantitative estimate of drug-likeness (QED) is 0.221. The molecule has 0 bridgehead atoms. The van der Waals surface area contributed by atoms with E-state index in [0.29, 0.717) is 53.9 Å². The Labute approximate surface area is 264 Å². The van der Waals surface area contributed by atoms with Gasteiger partial charge in [-0.25, -0.2) is 0 Å². The molecule has 4 aliphatic rings. The third kappa shape index (κ3) is 12.7. The smallest absolute Gasteiger partial charge is 0.412 e. The van der Waals surface area contributed by atoms with E-state index < -0.39 is 12.5 Å². The molecule has 0 spiro atoms. The molecule has 0 amide bonds. The molecule has 3 aliphatic carbocycles. The summed E-state index contributed by atoms with van der Waals surface area (Å²) < 4.78 is 42.1. The maximum Gasteiger partial charge on any atom is 0.522 e. The largest absolute Gasteiger partial charge is 0.522 e. The summed E-state index contributed by atoms with van der Waals surface area (Å²) in [4.78, 5) is 2.70. The second kappa shape index (κ2) is 18.7. The fourth-order valence-corrected chi connectivity index (χ4v) is 8.57.